The normalized spacial score (nSPS) is 17.8. The molecule has 9 heteroatoms. The Bertz CT molecular complexity index is 1050. The van der Waals surface area contributed by atoms with E-state index in [2.05, 4.69) is 5.32 Å². The smallest absolute Gasteiger partial charge is 0.416 e. The third-order valence-corrected chi connectivity index (χ3v) is 6.07. The van der Waals surface area contributed by atoms with Gasteiger partial charge in [-0.05, 0) is 50.6 Å². The summed E-state index contributed by atoms with van der Waals surface area (Å²) in [4.78, 5) is 28.0. The number of carbonyl (C=O) groups excluding carboxylic acids is 2. The number of para-hydroxylation sites is 1. The Morgan fingerprint density at radius 2 is 1.79 bits per heavy atom. The van der Waals surface area contributed by atoms with Crippen molar-refractivity contribution in [3.63, 3.8) is 0 Å². The number of ether oxygens (including phenoxy) is 1. The molecular weight excluding hydrogens is 449 g/mol. The maximum atomic E-state index is 13.2. The second-order valence-electron chi connectivity index (χ2n) is 9.24. The quantitative estimate of drug-likeness (QED) is 0.665. The second-order valence-corrected chi connectivity index (χ2v) is 9.24. The van der Waals surface area contributed by atoms with E-state index in [1.165, 1.54) is 12.1 Å². The third-order valence-electron chi connectivity index (χ3n) is 6.07. The van der Waals surface area contributed by atoms with Crippen molar-refractivity contribution in [1.82, 2.24) is 4.90 Å². The van der Waals surface area contributed by atoms with Gasteiger partial charge in [0.1, 0.15) is 0 Å². The van der Waals surface area contributed by atoms with Gasteiger partial charge in [0.05, 0.1) is 41.5 Å². The van der Waals surface area contributed by atoms with Crippen molar-refractivity contribution in [2.75, 3.05) is 25.1 Å². The van der Waals surface area contributed by atoms with Crippen LogP contribution < -0.4 is 10.1 Å². The van der Waals surface area contributed by atoms with E-state index in [0.29, 0.717) is 24.4 Å². The summed E-state index contributed by atoms with van der Waals surface area (Å²) in [6.07, 6.45) is -4.46. The number of halogens is 3. The predicted molar refractivity (Wildman–Crippen MR) is 122 cm³/mol. The maximum absolute atomic E-state index is 13.2. The van der Waals surface area contributed by atoms with Crippen molar-refractivity contribution in [2.45, 2.75) is 45.3 Å². The van der Waals surface area contributed by atoms with Crippen molar-refractivity contribution in [2.24, 2.45) is 5.92 Å². The topological polar surface area (TPSA) is 78.9 Å². The number of hydrogen-bond acceptors (Lipinski definition) is 4. The summed E-state index contributed by atoms with van der Waals surface area (Å²) in [5.41, 5.74) is -0.993. The molecule has 0 saturated heterocycles. The molecular formula is C25H29F3N2O4. The van der Waals surface area contributed by atoms with Gasteiger partial charge in [-0.3, -0.25) is 9.59 Å². The van der Waals surface area contributed by atoms with Crippen LogP contribution in [0.3, 0.4) is 0 Å². The Balaban J connectivity index is 1.91. The lowest BCUT2D eigenvalue weighted by molar-refractivity contribution is -0.137. The molecule has 0 fully saturated rings. The molecule has 0 unspecified atom stereocenters. The molecule has 2 amide bonds. The van der Waals surface area contributed by atoms with E-state index in [1.54, 1.807) is 43.9 Å². The Hall–Kier alpha value is -3.07. The fourth-order valence-corrected chi connectivity index (χ4v) is 3.78. The summed E-state index contributed by atoms with van der Waals surface area (Å²) >= 11 is 0. The molecule has 1 aliphatic rings. The van der Waals surface area contributed by atoms with Gasteiger partial charge in [-0.15, -0.1) is 0 Å². The van der Waals surface area contributed by atoms with Crippen molar-refractivity contribution < 1.29 is 32.6 Å². The molecule has 2 aromatic carbocycles. The SMILES string of the molecule is C[C@H]1COc2c(NC(=O)C(C)(C)c3ccc(C(F)(F)F)cc3)cccc2C(=O)N([C@@H](C)CO)C1. The van der Waals surface area contributed by atoms with Crippen molar-refractivity contribution >= 4 is 17.5 Å². The van der Waals surface area contributed by atoms with E-state index >= 15 is 0 Å². The average molecular weight is 479 g/mol. The lowest BCUT2D eigenvalue weighted by atomic mass is 9.83. The van der Waals surface area contributed by atoms with Gasteiger partial charge in [-0.2, -0.15) is 13.2 Å². The van der Waals surface area contributed by atoms with Crippen LogP contribution in [0.2, 0.25) is 0 Å². The van der Waals surface area contributed by atoms with E-state index in [4.69, 9.17) is 4.74 Å². The number of aliphatic hydroxyl groups excluding tert-OH is 1. The highest BCUT2D eigenvalue weighted by Gasteiger charge is 2.35. The molecule has 0 radical (unpaired) electrons. The van der Waals surface area contributed by atoms with Crippen LogP contribution in [-0.2, 0) is 16.4 Å². The minimum atomic E-state index is -4.46. The molecule has 0 spiro atoms. The lowest BCUT2D eigenvalue weighted by Crippen LogP contribution is -2.45. The first-order valence-corrected chi connectivity index (χ1v) is 11.0. The molecule has 2 atom stereocenters. The summed E-state index contributed by atoms with van der Waals surface area (Å²) in [7, 11) is 0. The fraction of sp³-hybridized carbons (Fsp3) is 0.440. The number of rotatable bonds is 5. The summed E-state index contributed by atoms with van der Waals surface area (Å²) < 4.78 is 44.6. The molecule has 0 aromatic heterocycles. The zero-order valence-electron chi connectivity index (χ0n) is 19.6. The zero-order valence-corrected chi connectivity index (χ0v) is 19.6. The Morgan fingerprint density at radius 3 is 2.38 bits per heavy atom. The van der Waals surface area contributed by atoms with Crippen molar-refractivity contribution in [1.29, 1.82) is 0 Å². The van der Waals surface area contributed by atoms with Crippen LogP contribution in [0.1, 0.15) is 49.2 Å². The minimum absolute atomic E-state index is 0.0153. The number of aliphatic hydroxyl groups is 1. The minimum Gasteiger partial charge on any atom is -0.490 e. The summed E-state index contributed by atoms with van der Waals surface area (Å²) in [5, 5.41) is 12.4. The number of anilines is 1. The summed E-state index contributed by atoms with van der Waals surface area (Å²) in [6.45, 7) is 7.41. The lowest BCUT2D eigenvalue weighted by Gasteiger charge is -2.34. The first-order chi connectivity index (χ1) is 15.9. The van der Waals surface area contributed by atoms with Crippen LogP contribution in [0.4, 0.5) is 18.9 Å². The van der Waals surface area contributed by atoms with Gasteiger partial charge in [0.2, 0.25) is 5.91 Å². The van der Waals surface area contributed by atoms with Crippen LogP contribution in [0.25, 0.3) is 0 Å². The van der Waals surface area contributed by atoms with E-state index in [0.717, 1.165) is 12.1 Å². The predicted octanol–water partition coefficient (Wildman–Crippen LogP) is 4.47. The highest BCUT2D eigenvalue weighted by Crippen LogP contribution is 2.35. The number of fused-ring (bicyclic) bond motifs is 1. The molecule has 3 rings (SSSR count). The van der Waals surface area contributed by atoms with Gasteiger partial charge >= 0.3 is 6.18 Å². The number of nitrogens with zero attached hydrogens (tertiary/aromatic N) is 1. The third kappa shape index (κ3) is 5.19. The van der Waals surface area contributed by atoms with Crippen LogP contribution in [-0.4, -0.2) is 47.6 Å². The Kier molecular flexibility index (Phi) is 7.26. The van der Waals surface area contributed by atoms with Gasteiger partial charge in [0, 0.05) is 12.5 Å². The molecule has 0 bridgehead atoms. The number of alkyl halides is 3. The Labute approximate surface area is 196 Å². The number of hydrogen-bond donors (Lipinski definition) is 2. The molecule has 1 heterocycles. The molecule has 0 saturated carbocycles. The molecule has 34 heavy (non-hydrogen) atoms. The van der Waals surface area contributed by atoms with Gasteiger partial charge < -0.3 is 20.1 Å². The van der Waals surface area contributed by atoms with Crippen LogP contribution >= 0.6 is 0 Å². The van der Waals surface area contributed by atoms with Crippen molar-refractivity contribution in [3.05, 3.63) is 59.2 Å². The highest BCUT2D eigenvalue weighted by molar-refractivity contribution is 6.03. The van der Waals surface area contributed by atoms with Crippen LogP contribution in [0.15, 0.2) is 42.5 Å². The van der Waals surface area contributed by atoms with E-state index in [1.807, 2.05) is 6.92 Å². The van der Waals surface area contributed by atoms with E-state index < -0.39 is 29.1 Å². The highest BCUT2D eigenvalue weighted by atomic mass is 19.4. The maximum Gasteiger partial charge on any atom is 0.416 e. The number of amides is 2. The molecule has 6 nitrogen and oxygen atoms in total. The van der Waals surface area contributed by atoms with E-state index in [-0.39, 0.29) is 29.7 Å². The summed E-state index contributed by atoms with van der Waals surface area (Å²) in [6, 6.07) is 8.90. The monoisotopic (exact) mass is 478 g/mol. The molecule has 2 aromatic rings. The zero-order chi connectivity index (χ0) is 25.3. The van der Waals surface area contributed by atoms with Crippen molar-refractivity contribution in [3.8, 4) is 5.75 Å². The van der Waals surface area contributed by atoms with E-state index in [9.17, 15) is 27.9 Å². The Morgan fingerprint density at radius 1 is 1.18 bits per heavy atom. The first-order valence-electron chi connectivity index (χ1n) is 11.0. The van der Waals surface area contributed by atoms with Crippen LogP contribution in [0.5, 0.6) is 5.75 Å². The fourth-order valence-electron chi connectivity index (χ4n) is 3.78. The number of carbonyl (C=O) groups is 2. The molecule has 2 N–H and O–H groups in total. The van der Waals surface area contributed by atoms with Gasteiger partial charge in [-0.25, -0.2) is 0 Å². The molecule has 184 valence electrons. The van der Waals surface area contributed by atoms with Crippen LogP contribution in [0, 0.1) is 5.92 Å². The van der Waals surface area contributed by atoms with Gasteiger partial charge in [0.25, 0.3) is 5.91 Å². The number of nitrogens with one attached hydrogen (secondary N) is 1. The van der Waals surface area contributed by atoms with Gasteiger partial charge in [-0.1, -0.05) is 25.1 Å². The largest absolute Gasteiger partial charge is 0.490 e. The second kappa shape index (κ2) is 9.66. The average Bonchev–Trinajstić information content (AvgIpc) is 2.79. The van der Waals surface area contributed by atoms with Gasteiger partial charge in [0.15, 0.2) is 5.75 Å². The number of benzene rings is 2. The summed E-state index contributed by atoms with van der Waals surface area (Å²) in [5.74, 6) is -0.571. The first kappa shape index (κ1) is 25.6. The standard InChI is InChI=1S/C25H29F3N2O4/c1-15-12-30(16(2)13-31)22(32)19-6-5-7-20(21(19)34-14-15)29-23(33)24(3,4)17-8-10-18(11-9-17)25(26,27)28/h5-11,15-16,31H,12-14H2,1-4H3,(H,29,33)/t15-,16+/m1/s1. The molecule has 0 aliphatic carbocycles. The molecule has 1 aliphatic heterocycles.